The van der Waals surface area contributed by atoms with E-state index in [1.807, 2.05) is 13.0 Å². The van der Waals surface area contributed by atoms with E-state index in [1.54, 1.807) is 12.1 Å². The molecular formula is C17H23N3O4S. The number of nitro groups is 1. The minimum absolute atomic E-state index is 0.0286. The molecule has 1 aromatic carbocycles. The van der Waals surface area contributed by atoms with Crippen LogP contribution in [0.5, 0.6) is 0 Å². The maximum Gasteiger partial charge on any atom is 0.270 e. The summed E-state index contributed by atoms with van der Waals surface area (Å²) in [6.45, 7) is 7.56. The number of rotatable bonds is 9. The Labute approximate surface area is 151 Å². The van der Waals surface area contributed by atoms with Crippen molar-refractivity contribution in [2.75, 3.05) is 13.2 Å². The van der Waals surface area contributed by atoms with Crippen LogP contribution in [0.2, 0.25) is 0 Å². The smallest absolute Gasteiger partial charge is 0.270 e. The average Bonchev–Trinajstić information content (AvgIpc) is 2.92. The standard InChI is InChI=1S/C17H23N3O4S/c1-4-19-15(11-24-9-8-21)18-17(16(19)12(2)3)25-14-7-5-6-13(10-14)20(22)23/h5-7,10,12,21H,4,8-9,11H2,1-3H3. The van der Waals surface area contributed by atoms with E-state index in [2.05, 4.69) is 18.4 Å². The summed E-state index contributed by atoms with van der Waals surface area (Å²) in [7, 11) is 0. The van der Waals surface area contributed by atoms with Gasteiger partial charge in [0.05, 0.1) is 23.8 Å². The molecule has 1 heterocycles. The van der Waals surface area contributed by atoms with Gasteiger partial charge < -0.3 is 14.4 Å². The van der Waals surface area contributed by atoms with Gasteiger partial charge in [0.15, 0.2) is 0 Å². The van der Waals surface area contributed by atoms with Gasteiger partial charge in [-0.15, -0.1) is 0 Å². The molecule has 1 aromatic heterocycles. The number of ether oxygens (including phenoxy) is 1. The highest BCUT2D eigenvalue weighted by Crippen LogP contribution is 2.35. The van der Waals surface area contributed by atoms with Crippen molar-refractivity contribution in [1.29, 1.82) is 0 Å². The molecule has 0 aliphatic heterocycles. The number of nitro benzene ring substituents is 1. The first-order chi connectivity index (χ1) is 12.0. The fourth-order valence-corrected chi connectivity index (χ4v) is 3.74. The summed E-state index contributed by atoms with van der Waals surface area (Å²) in [6, 6.07) is 6.56. The lowest BCUT2D eigenvalue weighted by atomic mass is 10.1. The first-order valence-electron chi connectivity index (χ1n) is 8.18. The van der Waals surface area contributed by atoms with Gasteiger partial charge >= 0.3 is 0 Å². The molecule has 0 bridgehead atoms. The predicted octanol–water partition coefficient (Wildman–Crippen LogP) is 3.59. The Bertz CT molecular complexity index is 731. The number of aromatic nitrogens is 2. The summed E-state index contributed by atoms with van der Waals surface area (Å²) >= 11 is 1.42. The molecule has 0 amide bonds. The van der Waals surface area contributed by atoms with Gasteiger partial charge in [0.25, 0.3) is 5.69 Å². The van der Waals surface area contributed by atoms with E-state index in [0.29, 0.717) is 6.61 Å². The van der Waals surface area contributed by atoms with Gasteiger partial charge in [0, 0.05) is 23.6 Å². The lowest BCUT2D eigenvalue weighted by Crippen LogP contribution is -2.09. The monoisotopic (exact) mass is 365 g/mol. The molecule has 136 valence electrons. The molecule has 2 rings (SSSR count). The Morgan fingerprint density at radius 2 is 2.20 bits per heavy atom. The zero-order chi connectivity index (χ0) is 18.4. The predicted molar refractivity (Wildman–Crippen MR) is 96.0 cm³/mol. The number of aliphatic hydroxyl groups is 1. The van der Waals surface area contributed by atoms with Gasteiger partial charge in [-0.05, 0) is 18.9 Å². The van der Waals surface area contributed by atoms with Gasteiger partial charge in [-0.3, -0.25) is 10.1 Å². The fraction of sp³-hybridized carbons (Fsp3) is 0.471. The topological polar surface area (TPSA) is 90.4 Å². The van der Waals surface area contributed by atoms with Crippen molar-refractivity contribution >= 4 is 17.4 Å². The van der Waals surface area contributed by atoms with Crippen LogP contribution in [-0.2, 0) is 17.9 Å². The minimum atomic E-state index is -0.397. The van der Waals surface area contributed by atoms with E-state index >= 15 is 0 Å². The second-order valence-electron chi connectivity index (χ2n) is 5.75. The van der Waals surface area contributed by atoms with Crippen LogP contribution in [-0.4, -0.2) is 32.8 Å². The second-order valence-corrected chi connectivity index (χ2v) is 6.81. The lowest BCUT2D eigenvalue weighted by molar-refractivity contribution is -0.385. The molecule has 0 spiro atoms. The molecule has 0 atom stereocenters. The molecular weight excluding hydrogens is 342 g/mol. The number of aliphatic hydroxyl groups excluding tert-OH is 1. The summed E-state index contributed by atoms with van der Waals surface area (Å²) in [5.41, 5.74) is 1.15. The van der Waals surface area contributed by atoms with Crippen LogP contribution >= 0.6 is 11.8 Å². The summed E-state index contributed by atoms with van der Waals surface area (Å²) in [5, 5.41) is 20.7. The van der Waals surface area contributed by atoms with Gasteiger partial charge in [0.2, 0.25) is 0 Å². The van der Waals surface area contributed by atoms with E-state index < -0.39 is 4.92 Å². The highest BCUT2D eigenvalue weighted by molar-refractivity contribution is 7.99. The van der Waals surface area contributed by atoms with Crippen molar-refractivity contribution in [2.24, 2.45) is 0 Å². The van der Waals surface area contributed by atoms with E-state index in [-0.39, 0.29) is 24.8 Å². The SMILES string of the molecule is CCn1c(COCCO)nc(Sc2cccc([N+](=O)[O-])c2)c1C(C)C. The van der Waals surface area contributed by atoms with E-state index in [9.17, 15) is 10.1 Å². The van der Waals surface area contributed by atoms with Crippen LogP contribution in [0.4, 0.5) is 5.69 Å². The third kappa shape index (κ3) is 4.81. The molecule has 8 heteroatoms. The quantitative estimate of drug-likeness (QED) is 0.415. The zero-order valence-corrected chi connectivity index (χ0v) is 15.5. The van der Waals surface area contributed by atoms with Crippen LogP contribution < -0.4 is 0 Å². The number of imidazole rings is 1. The van der Waals surface area contributed by atoms with Crippen molar-refractivity contribution in [3.8, 4) is 0 Å². The first kappa shape index (κ1) is 19.4. The molecule has 0 unspecified atom stereocenters. The molecule has 0 saturated carbocycles. The van der Waals surface area contributed by atoms with Gasteiger partial charge in [-0.1, -0.05) is 31.7 Å². The normalized spacial score (nSPS) is 11.2. The van der Waals surface area contributed by atoms with Gasteiger partial charge in [-0.2, -0.15) is 0 Å². The highest BCUT2D eigenvalue weighted by Gasteiger charge is 2.20. The Morgan fingerprint density at radius 3 is 2.80 bits per heavy atom. The minimum Gasteiger partial charge on any atom is -0.394 e. The Morgan fingerprint density at radius 1 is 1.44 bits per heavy atom. The van der Waals surface area contributed by atoms with Crippen LogP contribution in [0.1, 0.15) is 38.2 Å². The fourth-order valence-electron chi connectivity index (χ4n) is 2.59. The lowest BCUT2D eigenvalue weighted by Gasteiger charge is -2.13. The molecule has 7 nitrogen and oxygen atoms in total. The molecule has 0 saturated heterocycles. The number of nitrogens with zero attached hydrogens (tertiary/aromatic N) is 3. The number of non-ortho nitro benzene ring substituents is 1. The van der Waals surface area contributed by atoms with Gasteiger partial charge in [-0.25, -0.2) is 4.98 Å². The largest absolute Gasteiger partial charge is 0.394 e. The summed E-state index contributed by atoms with van der Waals surface area (Å²) in [4.78, 5) is 16.0. The van der Waals surface area contributed by atoms with E-state index in [1.165, 1.54) is 17.8 Å². The molecule has 0 aliphatic rings. The third-order valence-corrected chi connectivity index (χ3v) is 4.61. The summed E-state index contributed by atoms with van der Waals surface area (Å²) in [6.07, 6.45) is 0. The molecule has 2 aromatic rings. The van der Waals surface area contributed by atoms with Crippen LogP contribution in [0.25, 0.3) is 0 Å². The maximum atomic E-state index is 11.0. The van der Waals surface area contributed by atoms with Crippen LogP contribution in [0, 0.1) is 10.1 Å². The first-order valence-corrected chi connectivity index (χ1v) is 8.99. The van der Waals surface area contributed by atoms with Crippen molar-refractivity contribution in [3.63, 3.8) is 0 Å². The van der Waals surface area contributed by atoms with Crippen LogP contribution in [0.3, 0.4) is 0 Å². The third-order valence-electron chi connectivity index (χ3n) is 3.62. The molecule has 1 N–H and O–H groups in total. The summed E-state index contributed by atoms with van der Waals surface area (Å²) < 4.78 is 7.54. The second kappa shape index (κ2) is 8.98. The Kier molecular flexibility index (Phi) is 6.98. The zero-order valence-electron chi connectivity index (χ0n) is 14.6. The van der Waals surface area contributed by atoms with Gasteiger partial charge in [0.1, 0.15) is 17.5 Å². The molecule has 0 radical (unpaired) electrons. The van der Waals surface area contributed by atoms with Crippen LogP contribution in [0.15, 0.2) is 34.2 Å². The highest BCUT2D eigenvalue weighted by atomic mass is 32.2. The average molecular weight is 365 g/mol. The van der Waals surface area contributed by atoms with Crippen molar-refractivity contribution in [2.45, 2.75) is 49.8 Å². The van der Waals surface area contributed by atoms with Crippen molar-refractivity contribution < 1.29 is 14.8 Å². The van der Waals surface area contributed by atoms with Crippen molar-refractivity contribution in [1.82, 2.24) is 9.55 Å². The van der Waals surface area contributed by atoms with E-state index in [0.717, 1.165) is 28.0 Å². The maximum absolute atomic E-state index is 11.0. The Balaban J connectivity index is 2.35. The molecule has 25 heavy (non-hydrogen) atoms. The molecule has 0 aliphatic carbocycles. The molecule has 0 fully saturated rings. The number of hydrogen-bond acceptors (Lipinski definition) is 6. The van der Waals surface area contributed by atoms with Crippen molar-refractivity contribution in [3.05, 3.63) is 45.9 Å². The Hall–Kier alpha value is -1.90. The number of hydrogen-bond donors (Lipinski definition) is 1. The van der Waals surface area contributed by atoms with E-state index in [4.69, 9.17) is 14.8 Å². The summed E-state index contributed by atoms with van der Waals surface area (Å²) in [5.74, 6) is 1.05. The number of benzene rings is 1.